The van der Waals surface area contributed by atoms with Crippen molar-refractivity contribution < 1.29 is 15.1 Å². The number of aliphatic hydroxyl groups is 1. The second-order valence-corrected chi connectivity index (χ2v) is 7.24. The second kappa shape index (κ2) is 9.65. The third-order valence-electron chi connectivity index (χ3n) is 5.32. The van der Waals surface area contributed by atoms with Crippen LogP contribution >= 0.6 is 0 Å². The molecule has 5 nitrogen and oxygen atoms in total. The number of hydrogen-bond acceptors (Lipinski definition) is 4. The molecule has 27 heavy (non-hydrogen) atoms. The number of nitrogens with zero attached hydrogens (tertiary/aromatic N) is 1. The number of aliphatic hydroxyl groups excluding tert-OH is 1. The summed E-state index contributed by atoms with van der Waals surface area (Å²) < 4.78 is 0. The van der Waals surface area contributed by atoms with Crippen LogP contribution in [-0.4, -0.2) is 46.9 Å². The third-order valence-corrected chi connectivity index (χ3v) is 5.32. The van der Waals surface area contributed by atoms with Gasteiger partial charge in [-0.05, 0) is 48.9 Å². The Labute approximate surface area is 160 Å². The lowest BCUT2D eigenvalue weighted by Gasteiger charge is -2.29. The van der Waals surface area contributed by atoms with Gasteiger partial charge in [-0.3, -0.25) is 10.0 Å². The number of amides is 1. The lowest BCUT2D eigenvalue weighted by molar-refractivity contribution is -0.129. The highest BCUT2D eigenvalue weighted by molar-refractivity contribution is 5.86. The number of nitrogens with one attached hydrogen (secondary N) is 1. The first-order chi connectivity index (χ1) is 13.2. The summed E-state index contributed by atoms with van der Waals surface area (Å²) in [4.78, 5) is 14.6. The summed E-state index contributed by atoms with van der Waals surface area (Å²) in [6.45, 7) is 3.01. The van der Waals surface area contributed by atoms with Crippen LogP contribution in [-0.2, 0) is 11.2 Å². The molecule has 1 unspecified atom stereocenters. The van der Waals surface area contributed by atoms with Crippen LogP contribution in [0.15, 0.2) is 54.6 Å². The first kappa shape index (κ1) is 19.5. The standard InChI is InChI=1S/C22H28N2O3/c25-20-12-15-24(16-13-20)14-4-5-17-8-10-19(11-9-17)21(22(26)23-27)18-6-2-1-3-7-18/h1-3,6-11,20-21,25,27H,4-5,12-16H2,(H,23,26). The molecule has 2 aromatic rings. The molecule has 2 aromatic carbocycles. The van der Waals surface area contributed by atoms with Gasteiger partial charge in [0.1, 0.15) is 0 Å². The van der Waals surface area contributed by atoms with Crippen molar-refractivity contribution in [2.24, 2.45) is 0 Å². The topological polar surface area (TPSA) is 72.8 Å². The monoisotopic (exact) mass is 368 g/mol. The van der Waals surface area contributed by atoms with Gasteiger partial charge >= 0.3 is 0 Å². The van der Waals surface area contributed by atoms with Crippen LogP contribution in [0.25, 0.3) is 0 Å². The first-order valence-corrected chi connectivity index (χ1v) is 9.65. The Kier molecular flexibility index (Phi) is 6.98. The van der Waals surface area contributed by atoms with Gasteiger partial charge in [-0.15, -0.1) is 0 Å². The van der Waals surface area contributed by atoms with E-state index in [1.807, 2.05) is 42.5 Å². The van der Waals surface area contributed by atoms with Crippen LogP contribution in [0, 0.1) is 0 Å². The van der Waals surface area contributed by atoms with Crippen LogP contribution in [0.5, 0.6) is 0 Å². The van der Waals surface area contributed by atoms with Gasteiger partial charge < -0.3 is 10.0 Å². The molecule has 3 N–H and O–H groups in total. The van der Waals surface area contributed by atoms with Gasteiger partial charge in [0.15, 0.2) is 0 Å². The minimum atomic E-state index is -0.523. The average molecular weight is 368 g/mol. The van der Waals surface area contributed by atoms with Gasteiger partial charge in [0.25, 0.3) is 5.91 Å². The normalized spacial score (nSPS) is 16.8. The molecule has 0 radical (unpaired) electrons. The average Bonchev–Trinajstić information content (AvgIpc) is 2.71. The first-order valence-electron chi connectivity index (χ1n) is 9.65. The van der Waals surface area contributed by atoms with Crippen molar-refractivity contribution in [3.8, 4) is 0 Å². The smallest absolute Gasteiger partial charge is 0.255 e. The summed E-state index contributed by atoms with van der Waals surface area (Å²) in [7, 11) is 0. The van der Waals surface area contributed by atoms with Gasteiger partial charge in [0, 0.05) is 13.1 Å². The van der Waals surface area contributed by atoms with Crippen LogP contribution < -0.4 is 5.48 Å². The summed E-state index contributed by atoms with van der Waals surface area (Å²) in [5.41, 5.74) is 4.74. The fraction of sp³-hybridized carbons (Fsp3) is 0.409. The van der Waals surface area contributed by atoms with E-state index in [0.29, 0.717) is 0 Å². The molecule has 0 saturated carbocycles. The summed E-state index contributed by atoms with van der Waals surface area (Å²) in [5, 5.41) is 18.7. The minimum absolute atomic E-state index is 0.123. The molecule has 0 aliphatic carbocycles. The zero-order chi connectivity index (χ0) is 19.1. The lowest BCUT2D eigenvalue weighted by Crippen LogP contribution is -2.36. The number of rotatable bonds is 7. The Morgan fingerprint density at radius 1 is 1.04 bits per heavy atom. The quantitative estimate of drug-likeness (QED) is 0.519. The van der Waals surface area contributed by atoms with Crippen molar-refractivity contribution in [3.05, 3.63) is 71.3 Å². The largest absolute Gasteiger partial charge is 0.393 e. The van der Waals surface area contributed by atoms with E-state index in [9.17, 15) is 9.90 Å². The zero-order valence-corrected chi connectivity index (χ0v) is 15.6. The summed E-state index contributed by atoms with van der Waals surface area (Å²) in [6, 6.07) is 17.5. The number of hydrogen-bond donors (Lipinski definition) is 3. The molecule has 5 heteroatoms. The van der Waals surface area contributed by atoms with Gasteiger partial charge in [-0.25, -0.2) is 5.48 Å². The fourth-order valence-corrected chi connectivity index (χ4v) is 3.73. The highest BCUT2D eigenvalue weighted by Crippen LogP contribution is 2.25. The molecule has 1 saturated heterocycles. The minimum Gasteiger partial charge on any atom is -0.393 e. The molecule has 1 amide bonds. The van der Waals surface area contributed by atoms with Crippen molar-refractivity contribution in [1.29, 1.82) is 0 Å². The molecule has 1 fully saturated rings. The van der Waals surface area contributed by atoms with E-state index in [2.05, 4.69) is 17.0 Å². The Morgan fingerprint density at radius 2 is 1.67 bits per heavy atom. The molecule has 0 aromatic heterocycles. The highest BCUT2D eigenvalue weighted by Gasteiger charge is 2.22. The molecule has 1 aliphatic heterocycles. The zero-order valence-electron chi connectivity index (χ0n) is 15.6. The Hall–Kier alpha value is -2.21. The maximum Gasteiger partial charge on any atom is 0.255 e. The molecule has 0 bridgehead atoms. The Balaban J connectivity index is 1.59. The summed E-state index contributed by atoms with van der Waals surface area (Å²) >= 11 is 0. The third kappa shape index (κ3) is 5.39. The lowest BCUT2D eigenvalue weighted by atomic mass is 9.90. The Morgan fingerprint density at radius 3 is 2.30 bits per heavy atom. The highest BCUT2D eigenvalue weighted by atomic mass is 16.5. The van der Waals surface area contributed by atoms with Crippen LogP contribution in [0.2, 0.25) is 0 Å². The van der Waals surface area contributed by atoms with E-state index in [-0.39, 0.29) is 6.10 Å². The summed E-state index contributed by atoms with van der Waals surface area (Å²) in [6.07, 6.45) is 3.70. The Bertz CT molecular complexity index is 710. The molecule has 0 spiro atoms. The summed E-state index contributed by atoms with van der Waals surface area (Å²) in [5.74, 6) is -0.953. The number of carbonyl (C=O) groups excluding carboxylic acids is 1. The fourth-order valence-electron chi connectivity index (χ4n) is 3.73. The number of aryl methyl sites for hydroxylation is 1. The van der Waals surface area contributed by atoms with E-state index >= 15 is 0 Å². The molecular weight excluding hydrogens is 340 g/mol. The molecule has 3 rings (SSSR count). The predicted molar refractivity (Wildman–Crippen MR) is 105 cm³/mol. The predicted octanol–water partition coefficient (Wildman–Crippen LogP) is 2.71. The van der Waals surface area contributed by atoms with Crippen molar-refractivity contribution in [2.45, 2.75) is 37.7 Å². The van der Waals surface area contributed by atoms with E-state index in [0.717, 1.165) is 56.4 Å². The molecule has 1 heterocycles. The maximum atomic E-state index is 12.2. The van der Waals surface area contributed by atoms with Crippen molar-refractivity contribution in [3.63, 3.8) is 0 Å². The van der Waals surface area contributed by atoms with Crippen LogP contribution in [0.4, 0.5) is 0 Å². The van der Waals surface area contributed by atoms with E-state index in [1.54, 1.807) is 5.48 Å². The molecular formula is C22H28N2O3. The van der Waals surface area contributed by atoms with Gasteiger partial charge in [-0.1, -0.05) is 54.6 Å². The van der Waals surface area contributed by atoms with Crippen molar-refractivity contribution in [1.82, 2.24) is 10.4 Å². The second-order valence-electron chi connectivity index (χ2n) is 7.24. The molecule has 1 atom stereocenters. The maximum absolute atomic E-state index is 12.2. The SMILES string of the molecule is O=C(NO)C(c1ccccc1)c1ccc(CCCN2CCC(O)CC2)cc1. The van der Waals surface area contributed by atoms with E-state index in [4.69, 9.17) is 5.21 Å². The van der Waals surface area contributed by atoms with Gasteiger partial charge in [0.2, 0.25) is 0 Å². The van der Waals surface area contributed by atoms with Gasteiger partial charge in [0.05, 0.1) is 12.0 Å². The van der Waals surface area contributed by atoms with Crippen LogP contribution in [0.3, 0.4) is 0 Å². The van der Waals surface area contributed by atoms with Gasteiger partial charge in [-0.2, -0.15) is 0 Å². The number of hydroxylamine groups is 1. The van der Waals surface area contributed by atoms with E-state index in [1.165, 1.54) is 5.56 Å². The number of likely N-dealkylation sites (tertiary alicyclic amines) is 1. The number of benzene rings is 2. The van der Waals surface area contributed by atoms with Crippen LogP contribution in [0.1, 0.15) is 41.9 Å². The molecule has 1 aliphatic rings. The molecule has 144 valence electrons. The van der Waals surface area contributed by atoms with Crippen molar-refractivity contribution >= 4 is 5.91 Å². The number of carbonyl (C=O) groups is 1. The van der Waals surface area contributed by atoms with Crippen molar-refractivity contribution in [2.75, 3.05) is 19.6 Å². The number of piperidine rings is 1. The van der Waals surface area contributed by atoms with E-state index < -0.39 is 11.8 Å².